The van der Waals surface area contributed by atoms with Crippen molar-refractivity contribution in [3.63, 3.8) is 0 Å². The van der Waals surface area contributed by atoms with Crippen LogP contribution in [0.3, 0.4) is 0 Å². The molecule has 4 aromatic rings. The Morgan fingerprint density at radius 1 is 0.897 bits per heavy atom. The fraction of sp³-hybridized carbons (Fsp3) is 0.100. The number of thioether (sulfide) groups is 1. The van der Waals surface area contributed by atoms with Gasteiger partial charge in [0, 0.05) is 21.4 Å². The van der Waals surface area contributed by atoms with Crippen LogP contribution in [0.4, 0.5) is 0 Å². The quantitative estimate of drug-likeness (QED) is 0.326. The summed E-state index contributed by atoms with van der Waals surface area (Å²) < 4.78 is 2.33. The number of nitrogens with zero attached hydrogens (tertiary/aromatic N) is 4. The van der Waals surface area contributed by atoms with Crippen LogP contribution in [0.5, 0.6) is 0 Å². The summed E-state index contributed by atoms with van der Waals surface area (Å²) >= 11 is 13.2. The average Bonchev–Trinajstić information content (AvgIpc) is 3.03. The fourth-order valence-corrected chi connectivity index (χ4v) is 3.74. The Bertz CT molecular complexity index is 1230. The van der Waals surface area contributed by atoms with Crippen molar-refractivity contribution in [1.29, 1.82) is 0 Å². The van der Waals surface area contributed by atoms with E-state index in [2.05, 4.69) is 10.2 Å². The van der Waals surface area contributed by atoms with Crippen molar-refractivity contribution in [2.75, 3.05) is 0 Å². The van der Waals surface area contributed by atoms with Gasteiger partial charge in [-0.15, -0.1) is 5.10 Å². The highest BCUT2D eigenvalue weighted by molar-refractivity contribution is 7.98. The van der Waals surface area contributed by atoms with Gasteiger partial charge in [0.2, 0.25) is 0 Å². The SMILES string of the molecule is O=C(Cn1nc2ccc(SCc3ccc(Cl)cc3)nn2c1=O)c1ccc(Cl)cc1. The number of carbonyl (C=O) groups is 1. The van der Waals surface area contributed by atoms with Gasteiger partial charge < -0.3 is 0 Å². The molecule has 0 spiro atoms. The molecule has 146 valence electrons. The highest BCUT2D eigenvalue weighted by Crippen LogP contribution is 2.21. The minimum Gasteiger partial charge on any atom is -0.292 e. The zero-order valence-corrected chi connectivity index (χ0v) is 17.3. The number of halogens is 2. The summed E-state index contributed by atoms with van der Waals surface area (Å²) in [5, 5.41) is 10.5. The highest BCUT2D eigenvalue weighted by Gasteiger charge is 2.14. The Morgan fingerprint density at radius 2 is 1.55 bits per heavy atom. The van der Waals surface area contributed by atoms with Gasteiger partial charge in [-0.1, -0.05) is 47.1 Å². The van der Waals surface area contributed by atoms with Crippen LogP contribution in [0.25, 0.3) is 5.65 Å². The highest BCUT2D eigenvalue weighted by atomic mass is 35.5. The van der Waals surface area contributed by atoms with E-state index in [0.29, 0.717) is 32.0 Å². The largest absolute Gasteiger partial charge is 0.367 e. The zero-order valence-electron chi connectivity index (χ0n) is 15.0. The number of carbonyl (C=O) groups excluding carboxylic acids is 1. The zero-order chi connectivity index (χ0) is 20.4. The van der Waals surface area contributed by atoms with Gasteiger partial charge in [-0.05, 0) is 54.1 Å². The molecule has 0 fully saturated rings. The van der Waals surface area contributed by atoms with E-state index in [0.717, 1.165) is 10.2 Å². The predicted molar refractivity (Wildman–Crippen MR) is 114 cm³/mol. The molecule has 2 heterocycles. The summed E-state index contributed by atoms with van der Waals surface area (Å²) in [5.41, 5.74) is 1.48. The summed E-state index contributed by atoms with van der Waals surface area (Å²) in [6, 6.07) is 17.6. The summed E-state index contributed by atoms with van der Waals surface area (Å²) in [7, 11) is 0. The van der Waals surface area contributed by atoms with Crippen LogP contribution in [-0.4, -0.2) is 25.2 Å². The van der Waals surface area contributed by atoms with Crippen LogP contribution >= 0.6 is 35.0 Å². The van der Waals surface area contributed by atoms with Gasteiger partial charge >= 0.3 is 5.69 Å². The number of hydrogen-bond acceptors (Lipinski definition) is 5. The number of Topliss-reactive ketones (excluding diaryl/α,β-unsaturated/α-hetero) is 1. The lowest BCUT2D eigenvalue weighted by Crippen LogP contribution is -2.26. The fourth-order valence-electron chi connectivity index (χ4n) is 2.67. The van der Waals surface area contributed by atoms with Crippen molar-refractivity contribution in [2.45, 2.75) is 17.3 Å². The summed E-state index contributed by atoms with van der Waals surface area (Å²) in [6.07, 6.45) is 0. The predicted octanol–water partition coefficient (Wildman–Crippen LogP) is 4.37. The molecule has 0 aliphatic rings. The summed E-state index contributed by atoms with van der Waals surface area (Å²) in [4.78, 5) is 25.0. The monoisotopic (exact) mass is 444 g/mol. The lowest BCUT2D eigenvalue weighted by Gasteiger charge is -2.01. The lowest BCUT2D eigenvalue weighted by molar-refractivity contribution is 0.0966. The van der Waals surface area contributed by atoms with Crippen LogP contribution in [0, 0.1) is 0 Å². The van der Waals surface area contributed by atoms with Crippen LogP contribution in [0.15, 0.2) is 70.5 Å². The van der Waals surface area contributed by atoms with Gasteiger partial charge in [-0.3, -0.25) is 4.79 Å². The molecule has 0 atom stereocenters. The Balaban J connectivity index is 1.52. The van der Waals surface area contributed by atoms with Gasteiger partial charge in [0.15, 0.2) is 11.4 Å². The molecular weight excluding hydrogens is 431 g/mol. The molecule has 0 bridgehead atoms. The number of benzene rings is 2. The van der Waals surface area contributed by atoms with E-state index >= 15 is 0 Å². The van der Waals surface area contributed by atoms with Gasteiger partial charge in [-0.2, -0.15) is 9.61 Å². The van der Waals surface area contributed by atoms with Crippen molar-refractivity contribution >= 4 is 46.4 Å². The maximum Gasteiger partial charge on any atom is 0.367 e. The van der Waals surface area contributed by atoms with Crippen LogP contribution in [0.1, 0.15) is 15.9 Å². The maximum atomic E-state index is 12.6. The van der Waals surface area contributed by atoms with Crippen molar-refractivity contribution in [1.82, 2.24) is 19.4 Å². The van der Waals surface area contributed by atoms with E-state index < -0.39 is 5.69 Å². The molecule has 4 rings (SSSR count). The Hall–Kier alpha value is -2.61. The van der Waals surface area contributed by atoms with Crippen molar-refractivity contribution in [3.05, 3.63) is 92.3 Å². The van der Waals surface area contributed by atoms with Gasteiger partial charge in [0.1, 0.15) is 11.6 Å². The van der Waals surface area contributed by atoms with Crippen LogP contribution in [0.2, 0.25) is 10.0 Å². The molecule has 29 heavy (non-hydrogen) atoms. The van der Waals surface area contributed by atoms with Gasteiger partial charge in [0.25, 0.3) is 0 Å². The summed E-state index contributed by atoms with van der Waals surface area (Å²) in [5.74, 6) is 0.456. The standard InChI is InChI=1S/C20H14Cl2N4O2S/c21-15-5-1-13(2-6-15)12-29-19-10-9-18-23-25(20(28)26(18)24-19)11-17(27)14-3-7-16(22)8-4-14/h1-10H,11-12H2. The molecule has 0 saturated heterocycles. The number of rotatable bonds is 6. The molecule has 6 nitrogen and oxygen atoms in total. The molecule has 0 saturated carbocycles. The first-order valence-corrected chi connectivity index (χ1v) is 10.4. The molecule has 0 amide bonds. The Kier molecular flexibility index (Phi) is 5.71. The molecule has 0 radical (unpaired) electrons. The molecular formula is C20H14Cl2N4O2S. The summed E-state index contributed by atoms with van der Waals surface area (Å²) in [6.45, 7) is -0.170. The van der Waals surface area contributed by atoms with E-state index in [1.807, 2.05) is 24.3 Å². The second-order valence-corrected chi connectivity index (χ2v) is 8.10. The topological polar surface area (TPSA) is 69.3 Å². The van der Waals surface area contributed by atoms with Crippen LogP contribution in [-0.2, 0) is 12.3 Å². The minimum atomic E-state index is -0.462. The number of hydrogen-bond donors (Lipinski definition) is 0. The van der Waals surface area contributed by atoms with E-state index in [1.165, 1.54) is 16.3 Å². The van der Waals surface area contributed by atoms with Gasteiger partial charge in [-0.25, -0.2) is 9.48 Å². The smallest absolute Gasteiger partial charge is 0.292 e. The normalized spacial score (nSPS) is 11.1. The third-order valence-electron chi connectivity index (χ3n) is 4.18. The van der Waals surface area contributed by atoms with Crippen molar-refractivity contribution < 1.29 is 4.79 Å². The third kappa shape index (κ3) is 4.53. The first kappa shape index (κ1) is 19.7. The Labute approximate surface area is 180 Å². The second-order valence-electron chi connectivity index (χ2n) is 6.23. The van der Waals surface area contributed by atoms with E-state index in [1.54, 1.807) is 36.4 Å². The molecule has 9 heteroatoms. The van der Waals surface area contributed by atoms with E-state index in [4.69, 9.17) is 23.2 Å². The number of ketones is 1. The molecule has 0 N–H and O–H groups in total. The second kappa shape index (κ2) is 8.41. The minimum absolute atomic E-state index is 0.170. The molecule has 0 aliphatic heterocycles. The average molecular weight is 445 g/mol. The molecule has 2 aromatic heterocycles. The molecule has 0 aliphatic carbocycles. The maximum absolute atomic E-state index is 12.6. The van der Waals surface area contributed by atoms with Crippen molar-refractivity contribution in [3.8, 4) is 0 Å². The third-order valence-corrected chi connectivity index (χ3v) is 5.67. The Morgan fingerprint density at radius 3 is 2.24 bits per heavy atom. The first-order chi connectivity index (χ1) is 14.0. The van der Waals surface area contributed by atoms with E-state index in [-0.39, 0.29) is 12.3 Å². The lowest BCUT2D eigenvalue weighted by atomic mass is 10.1. The van der Waals surface area contributed by atoms with Crippen molar-refractivity contribution in [2.24, 2.45) is 0 Å². The molecule has 0 unspecified atom stereocenters. The van der Waals surface area contributed by atoms with Crippen LogP contribution < -0.4 is 5.69 Å². The number of aromatic nitrogens is 4. The molecule has 2 aromatic carbocycles. The first-order valence-electron chi connectivity index (χ1n) is 8.62. The number of fused-ring (bicyclic) bond motifs is 1. The van der Waals surface area contributed by atoms with E-state index in [9.17, 15) is 9.59 Å². The van der Waals surface area contributed by atoms with Gasteiger partial charge in [0.05, 0.1) is 0 Å².